The second-order valence-electron chi connectivity index (χ2n) is 10.5. The monoisotopic (exact) mass is 589 g/mol. The number of hydrogen-bond donors (Lipinski definition) is 1. The minimum atomic E-state index is -4.84. The summed E-state index contributed by atoms with van der Waals surface area (Å²) >= 11 is 5.61. The van der Waals surface area contributed by atoms with Crippen LogP contribution >= 0.6 is 12.2 Å². The van der Waals surface area contributed by atoms with E-state index >= 15 is 0 Å². The number of amides is 2. The van der Waals surface area contributed by atoms with Gasteiger partial charge in [-0.15, -0.1) is 0 Å². The van der Waals surface area contributed by atoms with Gasteiger partial charge in [0, 0.05) is 18.8 Å². The fourth-order valence-electron chi connectivity index (χ4n) is 5.21. The Labute approximate surface area is 241 Å². The van der Waals surface area contributed by atoms with Crippen LogP contribution in [0.5, 0.6) is 5.75 Å². The van der Waals surface area contributed by atoms with Crippen LogP contribution in [0.4, 0.5) is 29.3 Å². The SMILES string of the molecule is CCc1cc(N2C(=S)N(c3cnc(C#N)c(C(F)(F)F)c3)C(=O)C2(C)C)ccc1OCCC1CCN(C(=O)O)CC1. The Morgan fingerprint density at radius 1 is 1.24 bits per heavy atom. The molecule has 0 bridgehead atoms. The van der Waals surface area contributed by atoms with Crippen LogP contribution in [0.25, 0.3) is 0 Å². The van der Waals surface area contributed by atoms with Crippen molar-refractivity contribution in [3.05, 3.63) is 47.3 Å². The molecule has 0 radical (unpaired) electrons. The number of aromatic nitrogens is 1. The van der Waals surface area contributed by atoms with Crippen molar-refractivity contribution >= 4 is 40.7 Å². The molecular weight excluding hydrogens is 559 g/mol. The number of aryl methyl sites for hydroxylation is 1. The number of nitrogens with zero attached hydrogens (tertiary/aromatic N) is 5. The Hall–Kier alpha value is -3.92. The molecule has 13 heteroatoms. The fraction of sp³-hybridized carbons (Fsp3) is 0.464. The lowest BCUT2D eigenvalue weighted by molar-refractivity contribution is -0.138. The molecule has 0 aliphatic carbocycles. The third kappa shape index (κ3) is 5.93. The van der Waals surface area contributed by atoms with E-state index in [2.05, 4.69) is 4.98 Å². The van der Waals surface area contributed by atoms with E-state index in [1.54, 1.807) is 30.9 Å². The Balaban J connectivity index is 1.53. The summed E-state index contributed by atoms with van der Waals surface area (Å²) in [5.74, 6) is 0.523. The number of hydrogen-bond acceptors (Lipinski definition) is 6. The molecule has 1 aromatic heterocycles. The lowest BCUT2D eigenvalue weighted by Crippen LogP contribution is -2.44. The first kappa shape index (κ1) is 30.0. The van der Waals surface area contributed by atoms with Crippen LogP contribution < -0.4 is 14.5 Å². The van der Waals surface area contributed by atoms with Crippen LogP contribution in [-0.4, -0.2) is 57.3 Å². The van der Waals surface area contributed by atoms with Crippen molar-refractivity contribution in [2.24, 2.45) is 5.92 Å². The van der Waals surface area contributed by atoms with Gasteiger partial charge in [0.2, 0.25) is 0 Å². The van der Waals surface area contributed by atoms with Crippen LogP contribution in [0, 0.1) is 17.2 Å². The predicted molar refractivity (Wildman–Crippen MR) is 149 cm³/mol. The summed E-state index contributed by atoms with van der Waals surface area (Å²) in [6.07, 6.45) is -1.69. The lowest BCUT2D eigenvalue weighted by Gasteiger charge is -2.30. The highest BCUT2D eigenvalue weighted by Crippen LogP contribution is 2.40. The third-order valence-corrected chi connectivity index (χ3v) is 7.93. The number of rotatable bonds is 7. The molecule has 3 heterocycles. The largest absolute Gasteiger partial charge is 0.493 e. The number of piperidine rings is 1. The van der Waals surface area contributed by atoms with Crippen molar-refractivity contribution in [2.45, 2.75) is 58.2 Å². The minimum absolute atomic E-state index is 0.0111. The van der Waals surface area contributed by atoms with Crippen molar-refractivity contribution in [3.8, 4) is 11.8 Å². The maximum absolute atomic E-state index is 13.6. The van der Waals surface area contributed by atoms with E-state index in [0.717, 1.165) is 42.0 Å². The summed E-state index contributed by atoms with van der Waals surface area (Å²) in [5, 5.41) is 18.2. The number of carboxylic acid groups (broad SMARTS) is 1. The van der Waals surface area contributed by atoms with Gasteiger partial charge in [-0.2, -0.15) is 18.4 Å². The van der Waals surface area contributed by atoms with Crippen LogP contribution in [0.3, 0.4) is 0 Å². The highest BCUT2D eigenvalue weighted by Gasteiger charge is 2.51. The number of ether oxygens (including phenoxy) is 1. The van der Waals surface area contributed by atoms with E-state index < -0.39 is 35.0 Å². The number of likely N-dealkylation sites (tertiary alicyclic amines) is 1. The van der Waals surface area contributed by atoms with Gasteiger partial charge in [-0.3, -0.25) is 9.69 Å². The van der Waals surface area contributed by atoms with Crippen molar-refractivity contribution < 1.29 is 32.6 Å². The molecular formula is C28H30F3N5O4S. The quantitative estimate of drug-likeness (QED) is 0.415. The Kier molecular flexibility index (Phi) is 8.44. The van der Waals surface area contributed by atoms with Gasteiger partial charge in [-0.1, -0.05) is 6.92 Å². The number of thiocarbonyl (C=S) groups is 1. The highest BCUT2D eigenvalue weighted by atomic mass is 32.1. The topological polar surface area (TPSA) is 110 Å². The second kappa shape index (κ2) is 11.5. The molecule has 2 saturated heterocycles. The van der Waals surface area contributed by atoms with E-state index in [-0.39, 0.29) is 10.8 Å². The molecule has 1 aromatic carbocycles. The number of alkyl halides is 3. The Morgan fingerprint density at radius 2 is 1.93 bits per heavy atom. The van der Waals surface area contributed by atoms with Gasteiger partial charge in [0.05, 0.1) is 24.1 Å². The summed E-state index contributed by atoms with van der Waals surface area (Å²) in [5.41, 5.74) is -1.98. The van der Waals surface area contributed by atoms with Crippen molar-refractivity contribution in [1.82, 2.24) is 9.88 Å². The number of pyridine rings is 1. The number of halogens is 3. The van der Waals surface area contributed by atoms with E-state index in [1.165, 1.54) is 11.0 Å². The van der Waals surface area contributed by atoms with Crippen LogP contribution in [0.2, 0.25) is 0 Å². The van der Waals surface area contributed by atoms with Crippen molar-refractivity contribution in [1.29, 1.82) is 5.26 Å². The van der Waals surface area contributed by atoms with Crippen LogP contribution in [0.1, 0.15) is 56.9 Å². The number of nitriles is 1. The fourth-order valence-corrected chi connectivity index (χ4v) is 5.73. The van der Waals surface area contributed by atoms with Gasteiger partial charge in [0.15, 0.2) is 10.8 Å². The Morgan fingerprint density at radius 3 is 2.51 bits per heavy atom. The number of carbonyl (C=O) groups excluding carboxylic acids is 1. The molecule has 9 nitrogen and oxygen atoms in total. The summed E-state index contributed by atoms with van der Waals surface area (Å²) in [4.78, 5) is 32.3. The highest BCUT2D eigenvalue weighted by molar-refractivity contribution is 7.81. The van der Waals surface area contributed by atoms with E-state index in [0.29, 0.717) is 43.5 Å². The Bertz CT molecular complexity index is 1400. The number of benzene rings is 1. The zero-order valence-corrected chi connectivity index (χ0v) is 23.7. The lowest BCUT2D eigenvalue weighted by atomic mass is 9.94. The van der Waals surface area contributed by atoms with Gasteiger partial charge < -0.3 is 19.6 Å². The van der Waals surface area contributed by atoms with E-state index in [1.807, 2.05) is 13.0 Å². The average molecular weight is 590 g/mol. The van der Waals surface area contributed by atoms with Gasteiger partial charge >= 0.3 is 12.3 Å². The number of anilines is 2. The molecule has 2 aliphatic heterocycles. The van der Waals surface area contributed by atoms with Crippen molar-refractivity contribution in [2.75, 3.05) is 29.5 Å². The number of carbonyl (C=O) groups is 2. The van der Waals surface area contributed by atoms with Gasteiger partial charge in [-0.05, 0) is 87.5 Å². The minimum Gasteiger partial charge on any atom is -0.493 e. The third-order valence-electron chi connectivity index (χ3n) is 7.56. The van der Waals surface area contributed by atoms with E-state index in [9.17, 15) is 22.8 Å². The molecule has 2 amide bonds. The molecule has 2 aliphatic rings. The first-order chi connectivity index (χ1) is 19.3. The smallest absolute Gasteiger partial charge is 0.419 e. The standard InChI is InChI=1S/C28H30F3N5O4S/c1-4-18-13-19(5-6-23(18)40-12-9-17-7-10-34(11-8-17)26(38)39)36-25(41)35(24(37)27(36,2)3)20-14-21(28(29,30)31)22(15-32)33-16-20/h5-6,13-14,16-17H,4,7-12H2,1-3H3,(H,38,39). The van der Waals surface area contributed by atoms with E-state index in [4.69, 9.17) is 27.3 Å². The van der Waals surface area contributed by atoms with Gasteiger partial charge in [0.1, 0.15) is 17.4 Å². The molecule has 2 aromatic rings. The van der Waals surface area contributed by atoms with Gasteiger partial charge in [0.25, 0.3) is 5.91 Å². The molecule has 41 heavy (non-hydrogen) atoms. The summed E-state index contributed by atoms with van der Waals surface area (Å²) in [7, 11) is 0. The summed E-state index contributed by atoms with van der Waals surface area (Å²) in [6.45, 7) is 6.74. The maximum Gasteiger partial charge on any atom is 0.419 e. The predicted octanol–water partition coefficient (Wildman–Crippen LogP) is 5.61. The van der Waals surface area contributed by atoms with Crippen LogP contribution in [-0.2, 0) is 17.4 Å². The first-order valence-electron chi connectivity index (χ1n) is 13.2. The first-order valence-corrected chi connectivity index (χ1v) is 13.6. The molecule has 218 valence electrons. The molecule has 0 saturated carbocycles. The zero-order valence-electron chi connectivity index (χ0n) is 22.9. The normalized spacial score (nSPS) is 17.6. The molecule has 0 atom stereocenters. The molecule has 4 rings (SSSR count). The molecule has 0 spiro atoms. The molecule has 0 unspecified atom stereocenters. The van der Waals surface area contributed by atoms with Crippen LogP contribution in [0.15, 0.2) is 30.5 Å². The summed E-state index contributed by atoms with van der Waals surface area (Å²) < 4.78 is 46.8. The average Bonchev–Trinajstić information content (AvgIpc) is 3.11. The molecule has 1 N–H and O–H groups in total. The van der Waals surface area contributed by atoms with Gasteiger partial charge in [-0.25, -0.2) is 9.78 Å². The zero-order chi connectivity index (χ0) is 30.1. The summed E-state index contributed by atoms with van der Waals surface area (Å²) in [6, 6.07) is 7.55. The van der Waals surface area contributed by atoms with Crippen molar-refractivity contribution in [3.63, 3.8) is 0 Å². The second-order valence-corrected chi connectivity index (χ2v) is 10.9. The molecule has 2 fully saturated rings. The maximum atomic E-state index is 13.6.